The number of carbonyl (C=O) groups is 3. The molecule has 1 fully saturated rings. The molecule has 2 amide bonds. The van der Waals surface area contributed by atoms with E-state index in [1.807, 2.05) is 0 Å². The van der Waals surface area contributed by atoms with Crippen molar-refractivity contribution in [3.63, 3.8) is 0 Å². The van der Waals surface area contributed by atoms with Crippen molar-refractivity contribution >= 4 is 52.6 Å². The van der Waals surface area contributed by atoms with Crippen molar-refractivity contribution in [2.45, 2.75) is 0 Å². The molecule has 10 nitrogen and oxygen atoms in total. The van der Waals surface area contributed by atoms with Crippen LogP contribution in [0.5, 0.6) is 11.5 Å². The third-order valence-electron chi connectivity index (χ3n) is 5.13. The van der Waals surface area contributed by atoms with Crippen molar-refractivity contribution in [1.29, 1.82) is 0 Å². The van der Waals surface area contributed by atoms with Gasteiger partial charge in [0, 0.05) is 12.1 Å². The molecule has 3 aromatic rings. The van der Waals surface area contributed by atoms with E-state index in [0.29, 0.717) is 17.0 Å². The predicted octanol–water partition coefficient (Wildman–Crippen LogP) is 3.65. The fourth-order valence-corrected chi connectivity index (χ4v) is 3.62. The summed E-state index contributed by atoms with van der Waals surface area (Å²) in [6.07, 6.45) is 1.39. The average Bonchev–Trinajstić information content (AvgIpc) is 2.88. The van der Waals surface area contributed by atoms with E-state index >= 15 is 0 Å². The van der Waals surface area contributed by atoms with Crippen LogP contribution < -0.4 is 19.7 Å². The smallest absolute Gasteiger partial charge is 0.343 e. The maximum absolute atomic E-state index is 13.1. The van der Waals surface area contributed by atoms with E-state index in [2.05, 4.69) is 5.32 Å². The Morgan fingerprint density at radius 2 is 1.69 bits per heavy atom. The molecule has 1 aliphatic rings. The van der Waals surface area contributed by atoms with Gasteiger partial charge >= 0.3 is 5.97 Å². The molecule has 1 heterocycles. The molecular formula is C25H17N3O7S. The molecule has 1 aliphatic heterocycles. The van der Waals surface area contributed by atoms with Crippen LogP contribution in [-0.4, -0.2) is 34.9 Å². The lowest BCUT2D eigenvalue weighted by Crippen LogP contribution is -2.54. The number of nitro groups is 1. The van der Waals surface area contributed by atoms with Gasteiger partial charge in [-0.05, 0) is 66.3 Å². The van der Waals surface area contributed by atoms with Gasteiger partial charge in [0.15, 0.2) is 5.11 Å². The highest BCUT2D eigenvalue weighted by Crippen LogP contribution is 2.25. The van der Waals surface area contributed by atoms with Crippen LogP contribution in [0.1, 0.15) is 15.9 Å². The van der Waals surface area contributed by atoms with Crippen molar-refractivity contribution in [3.05, 3.63) is 99.6 Å². The summed E-state index contributed by atoms with van der Waals surface area (Å²) in [5.74, 6) is -1.24. The topological polar surface area (TPSA) is 128 Å². The summed E-state index contributed by atoms with van der Waals surface area (Å²) in [6, 6.07) is 17.8. The first-order chi connectivity index (χ1) is 17.3. The Balaban J connectivity index is 1.52. The second-order valence-corrected chi connectivity index (χ2v) is 7.81. The first kappa shape index (κ1) is 24.2. The predicted molar refractivity (Wildman–Crippen MR) is 134 cm³/mol. The summed E-state index contributed by atoms with van der Waals surface area (Å²) < 4.78 is 10.4. The highest BCUT2D eigenvalue weighted by atomic mass is 32.1. The third-order valence-corrected chi connectivity index (χ3v) is 5.41. The Kier molecular flexibility index (Phi) is 6.84. The van der Waals surface area contributed by atoms with Gasteiger partial charge in [-0.3, -0.25) is 29.9 Å². The lowest BCUT2D eigenvalue weighted by molar-refractivity contribution is -0.384. The van der Waals surface area contributed by atoms with Gasteiger partial charge in [0.05, 0.1) is 23.3 Å². The van der Waals surface area contributed by atoms with Crippen LogP contribution in [-0.2, 0) is 9.59 Å². The Hall–Kier alpha value is -4.90. The van der Waals surface area contributed by atoms with E-state index in [1.165, 1.54) is 48.4 Å². The molecular weight excluding hydrogens is 486 g/mol. The molecule has 36 heavy (non-hydrogen) atoms. The second-order valence-electron chi connectivity index (χ2n) is 7.42. The fraction of sp³-hybridized carbons (Fsp3) is 0.0400. The Bertz CT molecular complexity index is 1420. The number of carbonyl (C=O) groups excluding carboxylic acids is 3. The Morgan fingerprint density at radius 1 is 1.03 bits per heavy atom. The van der Waals surface area contributed by atoms with Gasteiger partial charge in [-0.1, -0.05) is 18.2 Å². The SMILES string of the molecule is COc1ccc(N2C(=O)/C(=C\c3ccc(OC(=O)c4cccc([N+](=O)[O-])c4)cc3)C(=O)NC2=S)cc1. The van der Waals surface area contributed by atoms with E-state index in [9.17, 15) is 24.5 Å². The van der Waals surface area contributed by atoms with Crippen LogP contribution in [0, 0.1) is 10.1 Å². The van der Waals surface area contributed by atoms with Crippen molar-refractivity contribution in [3.8, 4) is 11.5 Å². The van der Waals surface area contributed by atoms with Crippen LogP contribution in [0.15, 0.2) is 78.4 Å². The molecule has 1 N–H and O–H groups in total. The molecule has 0 bridgehead atoms. The highest BCUT2D eigenvalue weighted by molar-refractivity contribution is 7.80. The van der Waals surface area contributed by atoms with E-state index in [-0.39, 0.29) is 27.7 Å². The summed E-state index contributed by atoms with van der Waals surface area (Å²) in [4.78, 5) is 49.4. The minimum atomic E-state index is -0.768. The molecule has 0 aromatic heterocycles. The number of methoxy groups -OCH3 is 1. The summed E-state index contributed by atoms with van der Waals surface area (Å²) in [5.41, 5.74) is 0.603. The fourth-order valence-electron chi connectivity index (χ4n) is 3.33. The highest BCUT2D eigenvalue weighted by Gasteiger charge is 2.34. The van der Waals surface area contributed by atoms with Gasteiger partial charge in [-0.2, -0.15) is 0 Å². The van der Waals surface area contributed by atoms with Gasteiger partial charge in [0.1, 0.15) is 17.1 Å². The van der Waals surface area contributed by atoms with Crippen LogP contribution in [0.4, 0.5) is 11.4 Å². The number of non-ortho nitro benzene ring substituents is 1. The molecule has 4 rings (SSSR count). The number of nitrogens with zero attached hydrogens (tertiary/aromatic N) is 2. The van der Waals surface area contributed by atoms with E-state index < -0.39 is 22.7 Å². The summed E-state index contributed by atoms with van der Waals surface area (Å²) in [5, 5.41) is 13.4. The maximum atomic E-state index is 13.1. The van der Waals surface area contributed by atoms with Gasteiger partial charge < -0.3 is 9.47 Å². The number of benzene rings is 3. The number of hydrogen-bond acceptors (Lipinski definition) is 8. The van der Waals surface area contributed by atoms with E-state index in [0.717, 1.165) is 6.07 Å². The molecule has 0 atom stereocenters. The van der Waals surface area contributed by atoms with Gasteiger partial charge in [0.25, 0.3) is 17.5 Å². The number of nitro benzene ring substituents is 1. The monoisotopic (exact) mass is 503 g/mol. The van der Waals surface area contributed by atoms with Gasteiger partial charge in [-0.25, -0.2) is 4.79 Å². The number of hydrogen-bond donors (Lipinski definition) is 1. The average molecular weight is 503 g/mol. The molecule has 0 saturated carbocycles. The van der Waals surface area contributed by atoms with Crippen LogP contribution in [0.2, 0.25) is 0 Å². The third kappa shape index (κ3) is 5.10. The largest absolute Gasteiger partial charge is 0.497 e. The van der Waals surface area contributed by atoms with Crippen LogP contribution in [0.3, 0.4) is 0 Å². The summed E-state index contributed by atoms with van der Waals surface area (Å²) in [6.45, 7) is 0. The number of amides is 2. The molecule has 1 saturated heterocycles. The standard InChI is InChI=1S/C25H17N3O7S/c1-34-19-11-7-17(8-12-19)27-23(30)21(22(29)26-25(27)36)13-15-5-9-20(10-6-15)35-24(31)16-3-2-4-18(14-16)28(32)33/h2-14H,1H3,(H,26,29,36)/b21-13-. The Labute approximate surface area is 209 Å². The second kappa shape index (κ2) is 10.2. The molecule has 3 aromatic carbocycles. The summed E-state index contributed by atoms with van der Waals surface area (Å²) in [7, 11) is 1.52. The molecule has 0 spiro atoms. The number of esters is 1. The number of nitrogens with one attached hydrogen (secondary N) is 1. The van der Waals surface area contributed by atoms with Crippen molar-refractivity contribution in [1.82, 2.24) is 5.32 Å². The number of ether oxygens (including phenoxy) is 2. The summed E-state index contributed by atoms with van der Waals surface area (Å²) >= 11 is 5.19. The molecule has 0 radical (unpaired) electrons. The van der Waals surface area contributed by atoms with Crippen molar-refractivity contribution < 1.29 is 28.8 Å². The lowest BCUT2D eigenvalue weighted by atomic mass is 10.1. The minimum absolute atomic E-state index is 0.0226. The maximum Gasteiger partial charge on any atom is 0.343 e. The normalized spacial score (nSPS) is 14.4. The van der Waals surface area contributed by atoms with Crippen molar-refractivity contribution in [2.75, 3.05) is 12.0 Å². The van der Waals surface area contributed by atoms with Gasteiger partial charge in [-0.15, -0.1) is 0 Å². The first-order valence-electron chi connectivity index (χ1n) is 10.4. The van der Waals surface area contributed by atoms with Crippen LogP contribution in [0.25, 0.3) is 6.08 Å². The number of rotatable bonds is 6. The lowest BCUT2D eigenvalue weighted by Gasteiger charge is -2.29. The van der Waals surface area contributed by atoms with Crippen LogP contribution >= 0.6 is 12.2 Å². The zero-order valence-corrected chi connectivity index (χ0v) is 19.5. The van der Waals surface area contributed by atoms with E-state index in [1.54, 1.807) is 36.4 Å². The van der Waals surface area contributed by atoms with Gasteiger partial charge in [0.2, 0.25) is 0 Å². The zero-order chi connectivity index (χ0) is 25.8. The Morgan fingerprint density at radius 3 is 2.33 bits per heavy atom. The zero-order valence-electron chi connectivity index (χ0n) is 18.7. The van der Waals surface area contributed by atoms with Crippen molar-refractivity contribution in [2.24, 2.45) is 0 Å². The molecule has 0 aliphatic carbocycles. The first-order valence-corrected chi connectivity index (χ1v) is 10.8. The molecule has 180 valence electrons. The molecule has 11 heteroatoms. The quantitative estimate of drug-likeness (QED) is 0.103. The minimum Gasteiger partial charge on any atom is -0.497 e. The van der Waals surface area contributed by atoms with E-state index in [4.69, 9.17) is 21.7 Å². The molecule has 0 unspecified atom stereocenters. The number of thiocarbonyl (C=S) groups is 1. The number of anilines is 1.